The molecule has 0 unspecified atom stereocenters. The highest BCUT2D eigenvalue weighted by Crippen LogP contribution is 2.36. The first-order valence-corrected chi connectivity index (χ1v) is 7.59. The molecule has 0 heterocycles. The van der Waals surface area contributed by atoms with Crippen LogP contribution >= 0.6 is 0 Å². The molecule has 22 heavy (non-hydrogen) atoms. The molecule has 0 spiro atoms. The average Bonchev–Trinajstić information content (AvgIpc) is 2.55. The third-order valence-corrected chi connectivity index (χ3v) is 4.43. The monoisotopic (exact) mass is 302 g/mol. The second-order valence-corrected chi connectivity index (χ2v) is 5.90. The number of methoxy groups -OCH3 is 1. The quantitative estimate of drug-likeness (QED) is 0.669. The summed E-state index contributed by atoms with van der Waals surface area (Å²) in [6.07, 6.45) is 4.08. The van der Waals surface area contributed by atoms with Gasteiger partial charge in [-0.1, -0.05) is 30.8 Å². The minimum absolute atomic E-state index is 0.0411. The van der Waals surface area contributed by atoms with Crippen molar-refractivity contribution in [3.8, 4) is 0 Å². The molecule has 118 valence electrons. The fraction of sp³-hybridized carbons (Fsp3) is 0.444. The maximum atomic E-state index is 11.5. The molecule has 1 aliphatic rings. The molecule has 1 aromatic carbocycles. The summed E-state index contributed by atoms with van der Waals surface area (Å²) in [5.41, 5.74) is 2.42. The summed E-state index contributed by atoms with van der Waals surface area (Å²) in [4.78, 5) is 22.3. The van der Waals surface area contributed by atoms with Crippen molar-refractivity contribution in [1.82, 2.24) is 0 Å². The van der Waals surface area contributed by atoms with Gasteiger partial charge in [0.1, 0.15) is 0 Å². The summed E-state index contributed by atoms with van der Waals surface area (Å²) in [5.74, 6) is -0.539. The Morgan fingerprint density at radius 3 is 2.27 bits per heavy atom. The smallest absolute Gasteiger partial charge is 0.331 e. The van der Waals surface area contributed by atoms with E-state index in [2.05, 4.69) is 18.7 Å². The highest BCUT2D eigenvalue weighted by atomic mass is 16.5. The van der Waals surface area contributed by atoms with E-state index in [0.29, 0.717) is 12.3 Å². The molecule has 0 radical (unpaired) electrons. The van der Waals surface area contributed by atoms with Crippen LogP contribution in [0.4, 0.5) is 0 Å². The van der Waals surface area contributed by atoms with Crippen molar-refractivity contribution >= 4 is 11.9 Å². The van der Waals surface area contributed by atoms with Crippen LogP contribution in [-0.2, 0) is 20.7 Å². The topological polar surface area (TPSA) is 63.6 Å². The highest BCUT2D eigenvalue weighted by molar-refractivity contribution is 5.86. The number of benzene rings is 1. The third-order valence-electron chi connectivity index (χ3n) is 4.43. The minimum Gasteiger partial charge on any atom is -0.478 e. The number of hydrogen-bond donors (Lipinski definition) is 1. The predicted molar refractivity (Wildman–Crippen MR) is 83.6 cm³/mol. The van der Waals surface area contributed by atoms with E-state index in [1.165, 1.54) is 12.7 Å². The average molecular weight is 302 g/mol. The lowest BCUT2D eigenvalue weighted by Gasteiger charge is -2.27. The molecule has 0 atom stereocenters. The molecule has 0 bridgehead atoms. The Labute approximate surface area is 130 Å². The Bertz CT molecular complexity index is 551. The maximum Gasteiger partial charge on any atom is 0.331 e. The van der Waals surface area contributed by atoms with E-state index in [-0.39, 0.29) is 17.5 Å². The number of carboxylic acids is 1. The summed E-state index contributed by atoms with van der Waals surface area (Å²) >= 11 is 0. The van der Waals surface area contributed by atoms with Crippen molar-refractivity contribution in [2.75, 3.05) is 7.11 Å². The Morgan fingerprint density at radius 1 is 1.18 bits per heavy atom. The van der Waals surface area contributed by atoms with Crippen molar-refractivity contribution in [1.29, 1.82) is 0 Å². The Hall–Kier alpha value is -2.10. The Kier molecular flexibility index (Phi) is 5.36. The maximum absolute atomic E-state index is 11.5. The first-order valence-electron chi connectivity index (χ1n) is 7.59. The van der Waals surface area contributed by atoms with Gasteiger partial charge in [0.05, 0.1) is 13.0 Å². The Balaban J connectivity index is 1.93. The second-order valence-electron chi connectivity index (χ2n) is 5.90. The molecule has 0 aliphatic heterocycles. The van der Waals surface area contributed by atoms with Gasteiger partial charge in [0.2, 0.25) is 0 Å². The molecule has 1 aromatic rings. The third kappa shape index (κ3) is 3.97. The van der Waals surface area contributed by atoms with Gasteiger partial charge < -0.3 is 9.84 Å². The van der Waals surface area contributed by atoms with Gasteiger partial charge in [-0.15, -0.1) is 0 Å². The van der Waals surface area contributed by atoms with Gasteiger partial charge in [0.15, 0.2) is 0 Å². The van der Waals surface area contributed by atoms with E-state index in [1.54, 1.807) is 0 Å². The van der Waals surface area contributed by atoms with Crippen LogP contribution in [0.5, 0.6) is 0 Å². The molecule has 4 nitrogen and oxygen atoms in total. The van der Waals surface area contributed by atoms with Crippen LogP contribution in [0.25, 0.3) is 0 Å². The normalized spacial score (nSPS) is 21.1. The number of carbonyl (C=O) groups is 2. The summed E-state index contributed by atoms with van der Waals surface area (Å²) in [7, 11) is 1.44. The molecule has 1 saturated carbocycles. The number of carbonyl (C=O) groups excluding carboxylic acids is 1. The van der Waals surface area contributed by atoms with Crippen LogP contribution < -0.4 is 0 Å². The molecule has 1 N–H and O–H groups in total. The Morgan fingerprint density at radius 2 is 1.77 bits per heavy atom. The zero-order chi connectivity index (χ0) is 16.1. The molecule has 0 amide bonds. The van der Waals surface area contributed by atoms with Crippen LogP contribution in [0, 0.1) is 5.92 Å². The molecule has 0 aromatic heterocycles. The van der Waals surface area contributed by atoms with E-state index in [0.717, 1.165) is 31.2 Å². The lowest BCUT2D eigenvalue weighted by Crippen LogP contribution is -2.22. The summed E-state index contributed by atoms with van der Waals surface area (Å²) < 4.78 is 4.81. The standard InChI is InChI=1S/C18H22O4/c1-12(17(19)20)11-13-3-5-14(6-4-13)15-7-9-16(10-8-15)18(21)22-2/h3-6,15-16H,1,7-11H2,2H3,(H,19,20). The van der Waals surface area contributed by atoms with Crippen molar-refractivity contribution < 1.29 is 19.4 Å². The van der Waals surface area contributed by atoms with Gasteiger partial charge in [-0.3, -0.25) is 4.79 Å². The fourth-order valence-corrected chi connectivity index (χ4v) is 3.06. The van der Waals surface area contributed by atoms with E-state index in [1.807, 2.05) is 12.1 Å². The SMILES string of the molecule is C=C(Cc1ccc(C2CCC(C(=O)OC)CC2)cc1)C(=O)O. The number of esters is 1. The molecular formula is C18H22O4. The predicted octanol–water partition coefficient (Wildman–Crippen LogP) is 3.32. The second kappa shape index (κ2) is 7.25. The highest BCUT2D eigenvalue weighted by Gasteiger charge is 2.27. The molecule has 0 saturated heterocycles. The minimum atomic E-state index is -0.954. The van der Waals surface area contributed by atoms with Gasteiger partial charge in [-0.2, -0.15) is 0 Å². The van der Waals surface area contributed by atoms with Crippen molar-refractivity contribution in [2.45, 2.75) is 38.0 Å². The number of carboxylic acid groups (broad SMARTS) is 1. The van der Waals surface area contributed by atoms with Crippen LogP contribution in [-0.4, -0.2) is 24.2 Å². The molecule has 2 rings (SSSR count). The van der Waals surface area contributed by atoms with Crippen LogP contribution in [0.3, 0.4) is 0 Å². The molecule has 1 aliphatic carbocycles. The van der Waals surface area contributed by atoms with Crippen molar-refractivity contribution in [2.24, 2.45) is 5.92 Å². The van der Waals surface area contributed by atoms with Gasteiger partial charge in [-0.05, 0) is 42.7 Å². The van der Waals surface area contributed by atoms with E-state index in [9.17, 15) is 9.59 Å². The fourth-order valence-electron chi connectivity index (χ4n) is 3.06. The van der Waals surface area contributed by atoms with Crippen molar-refractivity contribution in [3.63, 3.8) is 0 Å². The lowest BCUT2D eigenvalue weighted by atomic mass is 9.78. The van der Waals surface area contributed by atoms with Crippen molar-refractivity contribution in [3.05, 3.63) is 47.5 Å². The first-order chi connectivity index (χ1) is 10.5. The molecule has 4 heteroatoms. The number of rotatable bonds is 5. The van der Waals surface area contributed by atoms with Gasteiger partial charge in [0, 0.05) is 12.0 Å². The molecular weight excluding hydrogens is 280 g/mol. The van der Waals surface area contributed by atoms with Crippen LogP contribution in [0.15, 0.2) is 36.4 Å². The van der Waals surface area contributed by atoms with E-state index < -0.39 is 5.97 Å². The number of hydrogen-bond acceptors (Lipinski definition) is 3. The van der Waals surface area contributed by atoms with E-state index in [4.69, 9.17) is 9.84 Å². The van der Waals surface area contributed by atoms with Crippen LogP contribution in [0.2, 0.25) is 0 Å². The molecule has 1 fully saturated rings. The van der Waals surface area contributed by atoms with Gasteiger partial charge in [0.25, 0.3) is 0 Å². The number of aliphatic carboxylic acids is 1. The summed E-state index contributed by atoms with van der Waals surface area (Å²) in [5, 5.41) is 8.85. The summed E-state index contributed by atoms with van der Waals surface area (Å²) in [6, 6.07) is 8.06. The van der Waals surface area contributed by atoms with E-state index >= 15 is 0 Å². The first kappa shape index (κ1) is 16.3. The zero-order valence-corrected chi connectivity index (χ0v) is 12.9. The summed E-state index contributed by atoms with van der Waals surface area (Å²) in [6.45, 7) is 3.55. The van der Waals surface area contributed by atoms with Crippen LogP contribution in [0.1, 0.15) is 42.7 Å². The van der Waals surface area contributed by atoms with Gasteiger partial charge >= 0.3 is 11.9 Å². The largest absolute Gasteiger partial charge is 0.478 e. The number of ether oxygens (including phenoxy) is 1. The van der Waals surface area contributed by atoms with Gasteiger partial charge in [-0.25, -0.2) is 4.79 Å². The lowest BCUT2D eigenvalue weighted by molar-refractivity contribution is -0.146. The zero-order valence-electron chi connectivity index (χ0n) is 12.9.